The third kappa shape index (κ3) is 2.52. The van der Waals surface area contributed by atoms with E-state index in [-0.39, 0.29) is 6.04 Å². The third-order valence-electron chi connectivity index (χ3n) is 1.64. The molecule has 64 valence electrons. The maximum atomic E-state index is 4.60. The normalized spacial score (nSPS) is 12.1. The minimum Gasteiger partial charge on any atom is -0.223 e. The number of nitrogens with zero attached hydrogens (tertiary/aromatic N) is 1. The lowest BCUT2D eigenvalue weighted by Gasteiger charge is -2.05. The summed E-state index contributed by atoms with van der Waals surface area (Å²) in [6.45, 7) is 2.15. The van der Waals surface area contributed by atoms with Gasteiger partial charge in [-0.1, -0.05) is 19.4 Å². The number of rotatable bonds is 4. The van der Waals surface area contributed by atoms with Gasteiger partial charge < -0.3 is 0 Å². The van der Waals surface area contributed by atoms with Crippen LogP contribution in [0.4, 0.5) is 0 Å². The number of hydrogen-bond donors (Lipinski definition) is 0. The zero-order valence-electron chi connectivity index (χ0n) is 6.99. The quantitative estimate of drug-likeness (QED) is 0.529. The van der Waals surface area contributed by atoms with Crippen LogP contribution >= 0.6 is 23.6 Å². The van der Waals surface area contributed by atoms with Crippen molar-refractivity contribution < 1.29 is 0 Å². The number of thiophene rings is 1. The molecule has 0 aliphatic rings. The zero-order valence-corrected chi connectivity index (χ0v) is 8.62. The maximum absolute atomic E-state index is 4.60. The molecule has 0 bridgehead atoms. The Morgan fingerprint density at radius 2 is 2.58 bits per heavy atom. The van der Waals surface area contributed by atoms with Crippen molar-refractivity contribution in [1.82, 2.24) is 0 Å². The molecule has 1 aromatic heterocycles. The molecule has 1 atom stereocenters. The molecule has 0 saturated heterocycles. The monoisotopic (exact) mass is 197 g/mol. The fraction of sp³-hybridized carbons (Fsp3) is 0.444. The molecule has 1 aromatic rings. The zero-order chi connectivity index (χ0) is 8.81. The Kier molecular flexibility index (Phi) is 4.15. The van der Waals surface area contributed by atoms with Crippen molar-refractivity contribution in [2.24, 2.45) is 4.99 Å². The molecule has 0 spiro atoms. The van der Waals surface area contributed by atoms with Crippen LogP contribution in [-0.2, 0) is 0 Å². The highest BCUT2D eigenvalue weighted by molar-refractivity contribution is 7.78. The third-order valence-corrected chi connectivity index (χ3v) is 2.72. The van der Waals surface area contributed by atoms with Crippen LogP contribution in [0.5, 0.6) is 0 Å². The van der Waals surface area contributed by atoms with Crippen molar-refractivity contribution in [2.45, 2.75) is 25.8 Å². The first-order valence-corrected chi connectivity index (χ1v) is 5.27. The van der Waals surface area contributed by atoms with Gasteiger partial charge in [-0.2, -0.15) is 0 Å². The van der Waals surface area contributed by atoms with Gasteiger partial charge in [0.15, 0.2) is 0 Å². The molecule has 1 unspecified atom stereocenters. The van der Waals surface area contributed by atoms with Crippen molar-refractivity contribution in [2.75, 3.05) is 0 Å². The molecular formula is C9H11NS2. The summed E-state index contributed by atoms with van der Waals surface area (Å²) in [6.07, 6.45) is 2.19. The molecule has 1 rings (SSSR count). The molecule has 1 heterocycles. The molecule has 0 aromatic carbocycles. The number of isothiocyanates is 1. The van der Waals surface area contributed by atoms with Crippen LogP contribution in [0, 0.1) is 0 Å². The molecule has 0 N–H and O–H groups in total. The number of aliphatic imine (C=N–C) groups is 1. The van der Waals surface area contributed by atoms with E-state index in [1.54, 1.807) is 11.3 Å². The van der Waals surface area contributed by atoms with Crippen LogP contribution < -0.4 is 0 Å². The first-order valence-electron chi connectivity index (χ1n) is 3.99. The van der Waals surface area contributed by atoms with Gasteiger partial charge in [-0.15, -0.1) is 11.3 Å². The van der Waals surface area contributed by atoms with Gasteiger partial charge in [0.1, 0.15) is 0 Å². The van der Waals surface area contributed by atoms with Crippen LogP contribution in [0.1, 0.15) is 30.7 Å². The molecule has 0 aliphatic heterocycles. The van der Waals surface area contributed by atoms with Crippen molar-refractivity contribution >= 4 is 28.7 Å². The van der Waals surface area contributed by atoms with E-state index in [1.165, 1.54) is 4.88 Å². The van der Waals surface area contributed by atoms with E-state index in [4.69, 9.17) is 0 Å². The lowest BCUT2D eigenvalue weighted by atomic mass is 10.1. The predicted molar refractivity (Wildman–Crippen MR) is 57.0 cm³/mol. The molecule has 0 fully saturated rings. The van der Waals surface area contributed by atoms with E-state index in [0.29, 0.717) is 0 Å². The van der Waals surface area contributed by atoms with E-state index < -0.39 is 0 Å². The van der Waals surface area contributed by atoms with Gasteiger partial charge in [0, 0.05) is 4.88 Å². The van der Waals surface area contributed by atoms with Gasteiger partial charge in [-0.25, -0.2) is 4.99 Å². The average molecular weight is 197 g/mol. The van der Waals surface area contributed by atoms with E-state index in [9.17, 15) is 0 Å². The highest BCUT2D eigenvalue weighted by Gasteiger charge is 2.08. The van der Waals surface area contributed by atoms with E-state index in [2.05, 4.69) is 40.7 Å². The van der Waals surface area contributed by atoms with Gasteiger partial charge in [-0.05, 0) is 30.1 Å². The second-order valence-corrected chi connectivity index (χ2v) is 3.70. The second kappa shape index (κ2) is 5.20. The highest BCUT2D eigenvalue weighted by atomic mass is 32.1. The predicted octanol–water partition coefficient (Wildman–Crippen LogP) is 3.69. The fourth-order valence-electron chi connectivity index (χ4n) is 1.09. The lowest BCUT2D eigenvalue weighted by molar-refractivity contribution is 0.654. The molecule has 3 heteroatoms. The van der Waals surface area contributed by atoms with Gasteiger partial charge in [0.05, 0.1) is 11.2 Å². The first-order chi connectivity index (χ1) is 5.88. The van der Waals surface area contributed by atoms with E-state index >= 15 is 0 Å². The molecule has 0 radical (unpaired) electrons. The van der Waals surface area contributed by atoms with E-state index in [1.807, 2.05) is 6.07 Å². The minimum atomic E-state index is 0.243. The summed E-state index contributed by atoms with van der Waals surface area (Å²) < 4.78 is 0. The molecule has 0 aliphatic carbocycles. The molecule has 12 heavy (non-hydrogen) atoms. The summed E-state index contributed by atoms with van der Waals surface area (Å²) in [7, 11) is 0. The highest BCUT2D eigenvalue weighted by Crippen LogP contribution is 2.26. The standard InChI is InChI=1S/C9H11NS2/c1-2-4-8(10-7-11)9-5-3-6-12-9/h3,5-6,8H,2,4H2,1H3. The average Bonchev–Trinajstić information content (AvgIpc) is 2.56. The largest absolute Gasteiger partial charge is 0.223 e. The molecule has 0 saturated carbocycles. The number of hydrogen-bond acceptors (Lipinski definition) is 3. The first kappa shape index (κ1) is 9.59. The summed E-state index contributed by atoms with van der Waals surface area (Å²) >= 11 is 6.34. The van der Waals surface area contributed by atoms with Gasteiger partial charge >= 0.3 is 0 Å². The van der Waals surface area contributed by atoms with Gasteiger partial charge in [0.2, 0.25) is 0 Å². The smallest absolute Gasteiger partial charge is 0.0943 e. The van der Waals surface area contributed by atoms with Gasteiger partial charge in [0.25, 0.3) is 0 Å². The van der Waals surface area contributed by atoms with Gasteiger partial charge in [-0.3, -0.25) is 0 Å². The van der Waals surface area contributed by atoms with Crippen molar-refractivity contribution in [3.05, 3.63) is 22.4 Å². The summed E-state index contributed by atoms with van der Waals surface area (Å²) in [6, 6.07) is 4.38. The van der Waals surface area contributed by atoms with Crippen molar-refractivity contribution in [1.29, 1.82) is 0 Å². The second-order valence-electron chi connectivity index (χ2n) is 2.54. The van der Waals surface area contributed by atoms with Crippen LogP contribution in [0.3, 0.4) is 0 Å². The number of thiocarbonyl (C=S) groups is 1. The Balaban J connectivity index is 2.72. The Bertz CT molecular complexity index is 260. The summed E-state index contributed by atoms with van der Waals surface area (Å²) in [5.41, 5.74) is 0. The Morgan fingerprint density at radius 1 is 1.75 bits per heavy atom. The fourth-order valence-corrected chi connectivity index (χ4v) is 2.01. The Hall–Kier alpha value is -0.500. The topological polar surface area (TPSA) is 12.4 Å². The minimum absolute atomic E-state index is 0.243. The molecular weight excluding hydrogens is 186 g/mol. The Morgan fingerprint density at radius 3 is 3.08 bits per heavy atom. The van der Waals surface area contributed by atoms with E-state index in [0.717, 1.165) is 12.8 Å². The van der Waals surface area contributed by atoms with Crippen LogP contribution in [-0.4, -0.2) is 5.16 Å². The molecule has 0 amide bonds. The maximum Gasteiger partial charge on any atom is 0.0943 e. The van der Waals surface area contributed by atoms with Crippen LogP contribution in [0.2, 0.25) is 0 Å². The van der Waals surface area contributed by atoms with Crippen LogP contribution in [0.25, 0.3) is 0 Å². The summed E-state index contributed by atoms with van der Waals surface area (Å²) in [5.74, 6) is 0. The summed E-state index contributed by atoms with van der Waals surface area (Å²) in [5, 5.41) is 4.52. The van der Waals surface area contributed by atoms with Crippen LogP contribution in [0.15, 0.2) is 22.5 Å². The summed E-state index contributed by atoms with van der Waals surface area (Å²) in [4.78, 5) is 5.42. The Labute approximate surface area is 82.2 Å². The van der Waals surface area contributed by atoms with Crippen molar-refractivity contribution in [3.63, 3.8) is 0 Å². The molecule has 1 nitrogen and oxygen atoms in total. The SMILES string of the molecule is CCCC(N=C=S)c1cccs1. The van der Waals surface area contributed by atoms with Crippen molar-refractivity contribution in [3.8, 4) is 0 Å². The lowest BCUT2D eigenvalue weighted by Crippen LogP contribution is -1.90.